The molecule has 6 nitrogen and oxygen atoms in total. The first kappa shape index (κ1) is 18.4. The van der Waals surface area contributed by atoms with E-state index in [0.717, 1.165) is 5.56 Å². The first-order chi connectivity index (χ1) is 13.6. The summed E-state index contributed by atoms with van der Waals surface area (Å²) in [4.78, 5) is 40.7. The molecule has 0 N–H and O–H groups in total. The van der Waals surface area contributed by atoms with Crippen molar-refractivity contribution in [2.45, 2.75) is 25.5 Å². The topological polar surface area (TPSA) is 66.9 Å². The minimum absolute atomic E-state index is 0.0757. The number of carbonyl (C=O) groups excluding carboxylic acids is 3. The summed E-state index contributed by atoms with van der Waals surface area (Å²) in [7, 11) is 0. The lowest BCUT2D eigenvalue weighted by Gasteiger charge is -2.39. The third-order valence-electron chi connectivity index (χ3n) is 5.44. The van der Waals surface area contributed by atoms with Gasteiger partial charge < -0.3 is 9.64 Å². The fourth-order valence-electron chi connectivity index (χ4n) is 3.95. The van der Waals surface area contributed by atoms with Crippen molar-refractivity contribution in [2.24, 2.45) is 0 Å². The number of nitrogens with zero attached hydrogens (tertiary/aromatic N) is 2. The second-order valence-corrected chi connectivity index (χ2v) is 7.09. The van der Waals surface area contributed by atoms with Gasteiger partial charge in [-0.2, -0.15) is 0 Å². The van der Waals surface area contributed by atoms with Gasteiger partial charge >= 0.3 is 0 Å². The van der Waals surface area contributed by atoms with Crippen LogP contribution in [0.25, 0.3) is 0 Å². The largest absolute Gasteiger partial charge is 0.370 e. The van der Waals surface area contributed by atoms with Crippen molar-refractivity contribution in [2.75, 3.05) is 19.7 Å². The van der Waals surface area contributed by atoms with Crippen LogP contribution in [0.5, 0.6) is 0 Å². The second-order valence-electron chi connectivity index (χ2n) is 7.09. The zero-order valence-corrected chi connectivity index (χ0v) is 15.7. The Labute approximate surface area is 163 Å². The van der Waals surface area contributed by atoms with Crippen LogP contribution in [0, 0.1) is 0 Å². The summed E-state index contributed by atoms with van der Waals surface area (Å²) in [6, 6.07) is 16.5. The van der Waals surface area contributed by atoms with Crippen LogP contribution in [0.2, 0.25) is 0 Å². The SMILES string of the molecule is C[C@@H]1[C@H](c2ccccc2)OCCN1C(=O)CCN1C(=O)c2ccccc2C1=O. The van der Waals surface area contributed by atoms with Crippen molar-refractivity contribution < 1.29 is 19.1 Å². The van der Waals surface area contributed by atoms with Crippen LogP contribution in [0.4, 0.5) is 0 Å². The van der Waals surface area contributed by atoms with Crippen LogP contribution in [0.3, 0.4) is 0 Å². The first-order valence-corrected chi connectivity index (χ1v) is 9.49. The number of ether oxygens (including phenoxy) is 1. The number of carbonyl (C=O) groups is 3. The Bertz CT molecular complexity index is 877. The highest BCUT2D eigenvalue weighted by atomic mass is 16.5. The van der Waals surface area contributed by atoms with Crippen LogP contribution >= 0.6 is 0 Å². The quantitative estimate of drug-likeness (QED) is 0.767. The molecule has 144 valence electrons. The van der Waals surface area contributed by atoms with Gasteiger partial charge in [0.25, 0.3) is 11.8 Å². The molecule has 2 heterocycles. The minimum atomic E-state index is -0.328. The van der Waals surface area contributed by atoms with Crippen LogP contribution in [-0.2, 0) is 9.53 Å². The molecule has 28 heavy (non-hydrogen) atoms. The molecule has 4 rings (SSSR count). The van der Waals surface area contributed by atoms with Crippen molar-refractivity contribution in [3.63, 3.8) is 0 Å². The van der Waals surface area contributed by atoms with E-state index < -0.39 is 0 Å². The Hall–Kier alpha value is -2.99. The molecule has 6 heteroatoms. The van der Waals surface area contributed by atoms with E-state index in [1.807, 2.05) is 37.3 Å². The minimum Gasteiger partial charge on any atom is -0.370 e. The molecule has 1 fully saturated rings. The second kappa shape index (κ2) is 7.56. The molecule has 0 saturated carbocycles. The van der Waals surface area contributed by atoms with Gasteiger partial charge in [0.2, 0.25) is 5.91 Å². The summed E-state index contributed by atoms with van der Waals surface area (Å²) in [5, 5.41) is 0. The molecule has 1 saturated heterocycles. The van der Waals surface area contributed by atoms with Crippen molar-refractivity contribution >= 4 is 17.7 Å². The van der Waals surface area contributed by atoms with Gasteiger partial charge in [0, 0.05) is 19.5 Å². The summed E-state index contributed by atoms with van der Waals surface area (Å²) < 4.78 is 5.90. The van der Waals surface area contributed by atoms with E-state index in [0.29, 0.717) is 24.3 Å². The van der Waals surface area contributed by atoms with Crippen molar-refractivity contribution in [1.29, 1.82) is 0 Å². The average Bonchev–Trinajstić information content (AvgIpc) is 2.97. The van der Waals surface area contributed by atoms with Gasteiger partial charge in [0.15, 0.2) is 0 Å². The number of hydrogen-bond acceptors (Lipinski definition) is 4. The van der Waals surface area contributed by atoms with Gasteiger partial charge in [0.1, 0.15) is 6.10 Å². The lowest BCUT2D eigenvalue weighted by molar-refractivity contribution is -0.145. The van der Waals surface area contributed by atoms with Gasteiger partial charge in [0.05, 0.1) is 23.8 Å². The highest BCUT2D eigenvalue weighted by Gasteiger charge is 2.37. The Morgan fingerprint density at radius 3 is 2.25 bits per heavy atom. The van der Waals surface area contributed by atoms with E-state index in [4.69, 9.17) is 4.74 Å². The maximum absolute atomic E-state index is 12.8. The van der Waals surface area contributed by atoms with E-state index in [1.165, 1.54) is 4.90 Å². The normalized spacial score (nSPS) is 21.8. The van der Waals surface area contributed by atoms with Crippen molar-refractivity contribution in [3.8, 4) is 0 Å². The van der Waals surface area contributed by atoms with Gasteiger partial charge in [-0.15, -0.1) is 0 Å². The summed E-state index contributed by atoms with van der Waals surface area (Å²) in [6.07, 6.45) is -0.0738. The Morgan fingerprint density at radius 1 is 1.00 bits per heavy atom. The number of fused-ring (bicyclic) bond motifs is 1. The number of morpholine rings is 1. The lowest BCUT2D eigenvalue weighted by Crippen LogP contribution is -2.49. The lowest BCUT2D eigenvalue weighted by atomic mass is 10.0. The molecular weight excluding hydrogens is 356 g/mol. The highest BCUT2D eigenvalue weighted by Crippen LogP contribution is 2.29. The molecule has 2 aliphatic heterocycles. The fraction of sp³-hybridized carbons (Fsp3) is 0.318. The molecule has 0 aliphatic carbocycles. The van der Waals surface area contributed by atoms with Crippen LogP contribution in [0.15, 0.2) is 54.6 Å². The van der Waals surface area contributed by atoms with Gasteiger partial charge in [-0.25, -0.2) is 0 Å². The average molecular weight is 378 g/mol. The van der Waals surface area contributed by atoms with Gasteiger partial charge in [-0.05, 0) is 24.6 Å². The van der Waals surface area contributed by atoms with E-state index in [1.54, 1.807) is 29.2 Å². The number of amides is 3. The molecule has 0 radical (unpaired) electrons. The number of benzene rings is 2. The van der Waals surface area contributed by atoms with Crippen molar-refractivity contribution in [1.82, 2.24) is 9.80 Å². The summed E-state index contributed by atoms with van der Waals surface area (Å²) in [5.41, 5.74) is 1.85. The zero-order valence-electron chi connectivity index (χ0n) is 15.7. The first-order valence-electron chi connectivity index (χ1n) is 9.49. The maximum atomic E-state index is 12.8. The monoisotopic (exact) mass is 378 g/mol. The molecule has 2 aliphatic rings. The Morgan fingerprint density at radius 2 is 1.61 bits per heavy atom. The Kier molecular flexibility index (Phi) is 4.96. The predicted octanol–water partition coefficient (Wildman–Crippen LogP) is 2.66. The van der Waals surface area contributed by atoms with Gasteiger partial charge in [-0.1, -0.05) is 42.5 Å². The summed E-state index contributed by atoms with van der Waals surface area (Å²) in [5.74, 6) is -0.732. The van der Waals surface area contributed by atoms with E-state index in [2.05, 4.69) is 0 Å². The number of imide groups is 1. The standard InChI is InChI=1S/C22H22N2O4/c1-15-20(16-7-3-2-4-8-16)28-14-13-23(15)19(25)11-12-24-21(26)17-9-5-6-10-18(17)22(24)27/h2-10,15,20H,11-14H2,1H3/t15-,20-/m1/s1. The zero-order chi connectivity index (χ0) is 19.7. The van der Waals surface area contributed by atoms with E-state index in [-0.39, 0.29) is 42.8 Å². The smallest absolute Gasteiger partial charge is 0.261 e. The molecule has 2 aromatic rings. The summed E-state index contributed by atoms with van der Waals surface area (Å²) >= 11 is 0. The predicted molar refractivity (Wildman–Crippen MR) is 103 cm³/mol. The third-order valence-corrected chi connectivity index (χ3v) is 5.44. The molecule has 2 atom stereocenters. The van der Waals surface area contributed by atoms with Gasteiger partial charge in [-0.3, -0.25) is 19.3 Å². The third kappa shape index (κ3) is 3.20. The fourth-order valence-corrected chi connectivity index (χ4v) is 3.95. The molecule has 0 spiro atoms. The maximum Gasteiger partial charge on any atom is 0.261 e. The molecule has 0 unspecified atom stereocenters. The molecule has 3 amide bonds. The van der Waals surface area contributed by atoms with Crippen LogP contribution in [-0.4, -0.2) is 53.3 Å². The molecular formula is C22H22N2O4. The van der Waals surface area contributed by atoms with Crippen molar-refractivity contribution in [3.05, 3.63) is 71.3 Å². The van der Waals surface area contributed by atoms with Crippen LogP contribution < -0.4 is 0 Å². The van der Waals surface area contributed by atoms with E-state index >= 15 is 0 Å². The van der Waals surface area contributed by atoms with Crippen LogP contribution in [0.1, 0.15) is 45.7 Å². The molecule has 0 bridgehead atoms. The molecule has 2 aromatic carbocycles. The summed E-state index contributed by atoms with van der Waals surface area (Å²) in [6.45, 7) is 3.02. The number of rotatable bonds is 4. The Balaban J connectivity index is 1.42. The molecule has 0 aromatic heterocycles. The highest BCUT2D eigenvalue weighted by molar-refractivity contribution is 6.21. The number of hydrogen-bond donors (Lipinski definition) is 0. The van der Waals surface area contributed by atoms with E-state index in [9.17, 15) is 14.4 Å².